The van der Waals surface area contributed by atoms with Gasteiger partial charge in [0.2, 0.25) is 0 Å². The van der Waals surface area contributed by atoms with Gasteiger partial charge in [-0.05, 0) is 7.05 Å². The summed E-state index contributed by atoms with van der Waals surface area (Å²) in [5.74, 6) is 0. The Bertz CT molecular complexity index is 331. The van der Waals surface area contributed by atoms with Gasteiger partial charge < -0.3 is 4.98 Å². The van der Waals surface area contributed by atoms with Crippen LogP contribution in [-0.2, 0) is 6.42 Å². The van der Waals surface area contributed by atoms with Crippen LogP contribution in [0, 0.1) is 0 Å². The van der Waals surface area contributed by atoms with E-state index in [-0.39, 0.29) is 5.69 Å². The zero-order chi connectivity index (χ0) is 10.3. The van der Waals surface area contributed by atoms with Crippen LogP contribution >= 0.6 is 0 Å². The fraction of sp³-hybridized carbons (Fsp3) is 0.625. The van der Waals surface area contributed by atoms with Crippen LogP contribution in [0.15, 0.2) is 6.33 Å². The molecule has 1 unspecified atom stereocenters. The third-order valence-corrected chi connectivity index (χ3v) is 2.48. The molecule has 2 heterocycles. The van der Waals surface area contributed by atoms with Crippen LogP contribution in [-0.4, -0.2) is 34.6 Å². The molecular weight excluding hydrogens is 195 g/mol. The molecule has 0 bridgehead atoms. The second-order valence-corrected chi connectivity index (χ2v) is 3.44. The molecule has 1 atom stereocenters. The average Bonchev–Trinajstić information content (AvgIpc) is 2.48. The summed E-state index contributed by atoms with van der Waals surface area (Å²) in [4.78, 5) is 7.76. The molecule has 1 aromatic rings. The number of hydrogen-bond acceptors (Lipinski definition) is 2. The quantitative estimate of drug-likeness (QED) is 0.696. The number of nitrogens with one attached hydrogen (secondary N) is 1. The molecule has 1 aromatic heterocycles. The lowest BCUT2D eigenvalue weighted by atomic mass is 10.0. The summed E-state index contributed by atoms with van der Waals surface area (Å²) in [6.07, 6.45) is -2.33. The topological polar surface area (TPSA) is 31.9 Å². The standard InChI is InChI=1S/C8H10F3N3/c1-14-3-2-5-6(13-4-12-5)7(14)8(9,10)11/h4,7H,2-3H2,1H3,(H,12,13). The predicted molar refractivity (Wildman–Crippen MR) is 43.7 cm³/mol. The Morgan fingerprint density at radius 3 is 2.93 bits per heavy atom. The van der Waals surface area contributed by atoms with Gasteiger partial charge in [0, 0.05) is 18.7 Å². The van der Waals surface area contributed by atoms with Crippen LogP contribution in [0.1, 0.15) is 17.4 Å². The van der Waals surface area contributed by atoms with Crippen molar-refractivity contribution in [3.8, 4) is 0 Å². The fourth-order valence-corrected chi connectivity index (χ4v) is 1.80. The first-order valence-corrected chi connectivity index (χ1v) is 4.29. The third kappa shape index (κ3) is 1.39. The molecule has 1 N–H and O–H groups in total. The lowest BCUT2D eigenvalue weighted by molar-refractivity contribution is -0.186. The van der Waals surface area contributed by atoms with Gasteiger partial charge in [-0.1, -0.05) is 0 Å². The lowest BCUT2D eigenvalue weighted by Gasteiger charge is -2.32. The molecular formula is C8H10F3N3. The van der Waals surface area contributed by atoms with Crippen LogP contribution in [0.2, 0.25) is 0 Å². The molecule has 2 rings (SSSR count). The Labute approximate surface area is 78.9 Å². The van der Waals surface area contributed by atoms with E-state index in [0.717, 1.165) is 0 Å². The van der Waals surface area contributed by atoms with Gasteiger partial charge in [0.1, 0.15) is 0 Å². The number of likely N-dealkylation sites (N-methyl/N-ethyl adjacent to an activating group) is 1. The van der Waals surface area contributed by atoms with Crippen molar-refractivity contribution in [2.45, 2.75) is 18.6 Å². The molecule has 0 radical (unpaired) electrons. The molecule has 14 heavy (non-hydrogen) atoms. The number of aromatic amines is 1. The Morgan fingerprint density at radius 1 is 1.57 bits per heavy atom. The first-order valence-electron chi connectivity index (χ1n) is 4.29. The number of hydrogen-bond donors (Lipinski definition) is 1. The highest BCUT2D eigenvalue weighted by Gasteiger charge is 2.47. The smallest absolute Gasteiger partial charge is 0.348 e. The van der Waals surface area contributed by atoms with E-state index in [1.54, 1.807) is 0 Å². The van der Waals surface area contributed by atoms with Crippen molar-refractivity contribution in [3.05, 3.63) is 17.7 Å². The third-order valence-electron chi connectivity index (χ3n) is 2.48. The maximum Gasteiger partial charge on any atom is 0.409 e. The molecule has 6 heteroatoms. The summed E-state index contributed by atoms with van der Waals surface area (Å²) < 4.78 is 38.0. The maximum absolute atomic E-state index is 12.7. The van der Waals surface area contributed by atoms with Gasteiger partial charge in [0.25, 0.3) is 0 Å². The van der Waals surface area contributed by atoms with Gasteiger partial charge in [0.15, 0.2) is 6.04 Å². The number of alkyl halides is 3. The van der Waals surface area contributed by atoms with Crippen molar-refractivity contribution >= 4 is 0 Å². The van der Waals surface area contributed by atoms with Crippen LogP contribution in [0.25, 0.3) is 0 Å². The largest absolute Gasteiger partial charge is 0.409 e. The van der Waals surface area contributed by atoms with Gasteiger partial charge in [-0.3, -0.25) is 4.90 Å². The summed E-state index contributed by atoms with van der Waals surface area (Å²) in [7, 11) is 1.47. The van der Waals surface area contributed by atoms with E-state index < -0.39 is 12.2 Å². The number of aromatic nitrogens is 2. The van der Waals surface area contributed by atoms with E-state index in [2.05, 4.69) is 9.97 Å². The van der Waals surface area contributed by atoms with Crippen molar-refractivity contribution in [1.29, 1.82) is 0 Å². The second-order valence-electron chi connectivity index (χ2n) is 3.44. The summed E-state index contributed by atoms with van der Waals surface area (Å²) in [6.45, 7) is 0.402. The van der Waals surface area contributed by atoms with Gasteiger partial charge >= 0.3 is 6.18 Å². The molecule has 0 spiro atoms. The summed E-state index contributed by atoms with van der Waals surface area (Å²) in [6, 6.07) is -1.56. The Hall–Kier alpha value is -1.04. The van der Waals surface area contributed by atoms with Crippen molar-refractivity contribution < 1.29 is 13.2 Å². The summed E-state index contributed by atoms with van der Waals surface area (Å²) in [5, 5.41) is 0. The molecule has 0 saturated carbocycles. The highest BCUT2D eigenvalue weighted by Crippen LogP contribution is 2.39. The van der Waals surface area contributed by atoms with Crippen molar-refractivity contribution in [2.24, 2.45) is 0 Å². The fourth-order valence-electron chi connectivity index (χ4n) is 1.80. The van der Waals surface area contributed by atoms with Crippen LogP contribution in [0.5, 0.6) is 0 Å². The van der Waals surface area contributed by atoms with E-state index in [1.807, 2.05) is 0 Å². The zero-order valence-corrected chi connectivity index (χ0v) is 7.60. The lowest BCUT2D eigenvalue weighted by Crippen LogP contribution is -2.40. The van der Waals surface area contributed by atoms with E-state index in [0.29, 0.717) is 18.7 Å². The highest BCUT2D eigenvalue weighted by atomic mass is 19.4. The monoisotopic (exact) mass is 205 g/mol. The van der Waals surface area contributed by atoms with Gasteiger partial charge in [-0.15, -0.1) is 0 Å². The normalized spacial score (nSPS) is 23.6. The SMILES string of the molecule is CN1CCc2[nH]cnc2C1C(F)(F)F. The average molecular weight is 205 g/mol. The predicted octanol–water partition coefficient (Wildman–Crippen LogP) is 1.50. The number of fused-ring (bicyclic) bond motifs is 1. The van der Waals surface area contributed by atoms with Crippen LogP contribution in [0.3, 0.4) is 0 Å². The van der Waals surface area contributed by atoms with Crippen LogP contribution < -0.4 is 0 Å². The molecule has 0 saturated heterocycles. The maximum atomic E-state index is 12.7. The first kappa shape index (κ1) is 9.51. The second kappa shape index (κ2) is 2.98. The number of halogens is 3. The van der Waals surface area contributed by atoms with E-state index in [4.69, 9.17) is 0 Å². The molecule has 78 valence electrons. The van der Waals surface area contributed by atoms with Crippen LogP contribution in [0.4, 0.5) is 13.2 Å². The number of imidazole rings is 1. The van der Waals surface area contributed by atoms with E-state index in [9.17, 15) is 13.2 Å². The summed E-state index contributed by atoms with van der Waals surface area (Å²) >= 11 is 0. The zero-order valence-electron chi connectivity index (χ0n) is 7.60. The number of rotatable bonds is 0. The number of H-pyrrole nitrogens is 1. The van der Waals surface area contributed by atoms with Gasteiger partial charge in [-0.25, -0.2) is 4.98 Å². The van der Waals surface area contributed by atoms with Gasteiger partial charge in [-0.2, -0.15) is 13.2 Å². The highest BCUT2D eigenvalue weighted by molar-refractivity contribution is 5.20. The molecule has 0 aliphatic carbocycles. The molecule has 0 amide bonds. The first-order chi connectivity index (χ1) is 6.50. The number of nitrogens with zero attached hydrogens (tertiary/aromatic N) is 2. The Morgan fingerprint density at radius 2 is 2.29 bits per heavy atom. The molecule has 0 fully saturated rings. The minimum Gasteiger partial charge on any atom is -0.348 e. The molecule has 1 aliphatic rings. The van der Waals surface area contributed by atoms with Gasteiger partial charge in [0.05, 0.1) is 12.0 Å². The Kier molecular flexibility index (Phi) is 2.02. The van der Waals surface area contributed by atoms with Crippen molar-refractivity contribution in [1.82, 2.24) is 14.9 Å². The minimum atomic E-state index is -4.25. The van der Waals surface area contributed by atoms with Crippen molar-refractivity contribution in [3.63, 3.8) is 0 Å². The minimum absolute atomic E-state index is 0.117. The summed E-state index contributed by atoms with van der Waals surface area (Å²) in [5.41, 5.74) is 0.719. The van der Waals surface area contributed by atoms with E-state index in [1.165, 1.54) is 18.3 Å². The molecule has 1 aliphatic heterocycles. The Balaban J connectivity index is 2.41. The van der Waals surface area contributed by atoms with E-state index >= 15 is 0 Å². The molecule has 0 aromatic carbocycles. The molecule has 3 nitrogen and oxygen atoms in total. The van der Waals surface area contributed by atoms with Crippen molar-refractivity contribution in [2.75, 3.05) is 13.6 Å².